The monoisotopic (exact) mass is 702 g/mol. The molecule has 0 aliphatic rings. The highest BCUT2D eigenvalue weighted by molar-refractivity contribution is 7.47. The summed E-state index contributed by atoms with van der Waals surface area (Å²) in [4.78, 5) is 34.7. The first-order valence-corrected chi connectivity index (χ1v) is 19.9. The van der Waals surface area contributed by atoms with E-state index in [1.807, 2.05) is 0 Å². The van der Waals surface area contributed by atoms with Gasteiger partial charge in [0.1, 0.15) is 12.7 Å². The molecule has 3 N–H and O–H groups in total. The molecule has 0 aromatic rings. The van der Waals surface area contributed by atoms with Gasteiger partial charge in [0.05, 0.1) is 19.8 Å². The molecule has 0 aromatic carbocycles. The number of esters is 2. The number of phosphoric acid groups is 1. The highest BCUT2D eigenvalue weighted by atomic mass is 31.2. The summed E-state index contributed by atoms with van der Waals surface area (Å²) in [6, 6.07) is 0. The molecule has 3 atom stereocenters. The lowest BCUT2D eigenvalue weighted by Crippen LogP contribution is -2.29. The second-order valence-electron chi connectivity index (χ2n) is 12.2. The molecule has 0 aliphatic heterocycles. The maximum absolute atomic E-state index is 12.5. The molecule has 0 aliphatic carbocycles. The first-order valence-electron chi connectivity index (χ1n) is 18.4. The van der Waals surface area contributed by atoms with Crippen molar-refractivity contribution in [3.8, 4) is 0 Å². The van der Waals surface area contributed by atoms with Crippen LogP contribution in [0.5, 0.6) is 0 Å². The van der Waals surface area contributed by atoms with E-state index in [0.717, 1.165) is 70.6 Å². The first-order chi connectivity index (χ1) is 23.2. The molecule has 0 heterocycles. The summed E-state index contributed by atoms with van der Waals surface area (Å²) >= 11 is 0. The van der Waals surface area contributed by atoms with E-state index < -0.39 is 51.8 Å². The van der Waals surface area contributed by atoms with E-state index in [1.165, 1.54) is 38.5 Å². The molecule has 48 heavy (non-hydrogen) atoms. The largest absolute Gasteiger partial charge is 0.472 e. The van der Waals surface area contributed by atoms with Gasteiger partial charge in [-0.2, -0.15) is 0 Å². The second kappa shape index (κ2) is 33.7. The van der Waals surface area contributed by atoms with E-state index in [2.05, 4.69) is 54.8 Å². The number of rotatable bonds is 34. The van der Waals surface area contributed by atoms with E-state index in [1.54, 1.807) is 0 Å². The fourth-order valence-corrected chi connectivity index (χ4v) is 5.50. The highest BCUT2D eigenvalue weighted by Crippen LogP contribution is 2.43. The minimum Gasteiger partial charge on any atom is -0.462 e. The lowest BCUT2D eigenvalue weighted by molar-refractivity contribution is -0.161. The Bertz CT molecular complexity index is 905. The molecule has 0 radical (unpaired) electrons. The number of phosphoric ester groups is 1. The number of unbranched alkanes of at least 4 members (excludes halogenated alkanes) is 14. The molecular formula is C37H67O10P. The zero-order valence-corrected chi connectivity index (χ0v) is 30.8. The fraction of sp³-hybridized carbons (Fsp3) is 0.784. The summed E-state index contributed by atoms with van der Waals surface area (Å²) in [5.74, 6) is -0.948. The van der Waals surface area contributed by atoms with Crippen LogP contribution < -0.4 is 0 Å². The number of aliphatic hydroxyl groups is 2. The van der Waals surface area contributed by atoms with E-state index in [-0.39, 0.29) is 19.4 Å². The van der Waals surface area contributed by atoms with E-state index >= 15 is 0 Å². The lowest BCUT2D eigenvalue weighted by atomic mass is 10.1. The number of ether oxygens (including phenoxy) is 2. The minimum atomic E-state index is -4.61. The molecule has 0 aromatic heterocycles. The zero-order valence-electron chi connectivity index (χ0n) is 29.9. The van der Waals surface area contributed by atoms with Crippen LogP contribution >= 0.6 is 7.82 Å². The van der Waals surface area contributed by atoms with Crippen LogP contribution in [0.25, 0.3) is 0 Å². The molecule has 0 amide bonds. The van der Waals surface area contributed by atoms with Crippen molar-refractivity contribution in [1.82, 2.24) is 0 Å². The van der Waals surface area contributed by atoms with E-state index in [0.29, 0.717) is 12.8 Å². The van der Waals surface area contributed by atoms with Gasteiger partial charge in [0.2, 0.25) is 0 Å². The predicted octanol–water partition coefficient (Wildman–Crippen LogP) is 8.83. The smallest absolute Gasteiger partial charge is 0.462 e. The molecule has 0 saturated heterocycles. The Hall–Kier alpha value is -1.81. The molecule has 11 heteroatoms. The van der Waals surface area contributed by atoms with E-state index in [4.69, 9.17) is 19.1 Å². The van der Waals surface area contributed by atoms with Crippen molar-refractivity contribution >= 4 is 19.8 Å². The molecule has 3 unspecified atom stereocenters. The third-order valence-corrected chi connectivity index (χ3v) is 8.51. The van der Waals surface area contributed by atoms with Crippen molar-refractivity contribution in [2.45, 2.75) is 161 Å². The first kappa shape index (κ1) is 46.2. The molecule has 0 spiro atoms. The summed E-state index contributed by atoms with van der Waals surface area (Å²) in [5.41, 5.74) is 0. The van der Waals surface area contributed by atoms with Crippen LogP contribution in [0.15, 0.2) is 36.5 Å². The summed E-state index contributed by atoms with van der Waals surface area (Å²) in [5, 5.41) is 18.2. The van der Waals surface area contributed by atoms with Gasteiger partial charge in [-0.3, -0.25) is 18.6 Å². The Morgan fingerprint density at radius 3 is 1.73 bits per heavy atom. The summed E-state index contributed by atoms with van der Waals surface area (Å²) in [7, 11) is -4.61. The zero-order chi connectivity index (χ0) is 35.6. The topological polar surface area (TPSA) is 149 Å². The van der Waals surface area contributed by atoms with Crippen LogP contribution in [0, 0.1) is 0 Å². The van der Waals surface area contributed by atoms with Crippen LogP contribution in [-0.4, -0.2) is 65.7 Å². The van der Waals surface area contributed by atoms with Gasteiger partial charge in [-0.05, 0) is 44.9 Å². The van der Waals surface area contributed by atoms with Gasteiger partial charge >= 0.3 is 19.8 Å². The van der Waals surface area contributed by atoms with Crippen LogP contribution in [0.4, 0.5) is 0 Å². The van der Waals surface area contributed by atoms with Crippen molar-refractivity contribution in [2.75, 3.05) is 26.4 Å². The SMILES string of the molecule is CC/C=C\C/C=C\C/C=C\CCCCCCCC(=O)OC(COC(=O)CCCCCCCCCCCC)COP(=O)(O)OCC(O)CO. The molecule has 0 bridgehead atoms. The predicted molar refractivity (Wildman–Crippen MR) is 191 cm³/mol. The quantitative estimate of drug-likeness (QED) is 0.0257. The molecule has 0 rings (SSSR count). The van der Waals surface area contributed by atoms with Crippen LogP contribution in [0.2, 0.25) is 0 Å². The summed E-state index contributed by atoms with van der Waals surface area (Å²) < 4.78 is 32.5. The molecule has 0 fully saturated rings. The number of hydrogen-bond acceptors (Lipinski definition) is 9. The Balaban J connectivity index is 4.41. The molecule has 10 nitrogen and oxygen atoms in total. The maximum Gasteiger partial charge on any atom is 0.472 e. The fourth-order valence-electron chi connectivity index (χ4n) is 4.71. The number of carbonyl (C=O) groups excluding carboxylic acids is 2. The minimum absolute atomic E-state index is 0.165. The van der Waals surface area contributed by atoms with Crippen molar-refractivity contribution in [1.29, 1.82) is 0 Å². The number of aliphatic hydroxyl groups excluding tert-OH is 2. The average Bonchev–Trinajstić information content (AvgIpc) is 3.07. The Kier molecular flexibility index (Phi) is 32.4. The summed E-state index contributed by atoms with van der Waals surface area (Å²) in [6.07, 6.45) is 31.2. The Labute approximate surface area is 291 Å². The maximum atomic E-state index is 12.5. The standard InChI is InChI=1S/C37H67O10P/c1-3-5-7-9-11-13-15-16-17-18-19-21-23-25-27-29-37(41)47-35(33-46-48(42,43)45-31-34(39)30-38)32-44-36(40)28-26-24-22-20-14-12-10-8-6-4-2/h5,7,11,13,16-17,34-35,38-39H,3-4,6,8-10,12,14-15,18-33H2,1-2H3,(H,42,43)/b7-5-,13-11-,17-16-. The van der Waals surface area contributed by atoms with Crippen molar-refractivity contribution in [3.05, 3.63) is 36.5 Å². The van der Waals surface area contributed by atoms with Gasteiger partial charge in [0.15, 0.2) is 6.10 Å². The van der Waals surface area contributed by atoms with Crippen LogP contribution in [0.3, 0.4) is 0 Å². The second-order valence-corrected chi connectivity index (χ2v) is 13.7. The number of hydrogen-bond donors (Lipinski definition) is 3. The van der Waals surface area contributed by atoms with Crippen LogP contribution in [-0.2, 0) is 32.7 Å². The highest BCUT2D eigenvalue weighted by Gasteiger charge is 2.27. The van der Waals surface area contributed by atoms with Crippen molar-refractivity contribution < 1.29 is 47.8 Å². The Morgan fingerprint density at radius 2 is 1.15 bits per heavy atom. The van der Waals surface area contributed by atoms with Gasteiger partial charge in [-0.1, -0.05) is 127 Å². The average molecular weight is 703 g/mol. The van der Waals surface area contributed by atoms with Crippen molar-refractivity contribution in [2.24, 2.45) is 0 Å². The van der Waals surface area contributed by atoms with Gasteiger partial charge < -0.3 is 24.6 Å². The lowest BCUT2D eigenvalue weighted by Gasteiger charge is -2.20. The molecule has 0 saturated carbocycles. The summed E-state index contributed by atoms with van der Waals surface area (Å²) in [6.45, 7) is 2.21. The van der Waals surface area contributed by atoms with Crippen LogP contribution in [0.1, 0.15) is 149 Å². The van der Waals surface area contributed by atoms with Gasteiger partial charge in [-0.25, -0.2) is 4.57 Å². The van der Waals surface area contributed by atoms with Gasteiger partial charge in [0, 0.05) is 12.8 Å². The molecule has 280 valence electrons. The Morgan fingerprint density at radius 1 is 0.646 bits per heavy atom. The van der Waals surface area contributed by atoms with E-state index in [9.17, 15) is 24.2 Å². The third kappa shape index (κ3) is 32.7. The normalized spacial score (nSPS) is 14.5. The third-order valence-electron chi connectivity index (χ3n) is 7.56. The van der Waals surface area contributed by atoms with Gasteiger partial charge in [-0.15, -0.1) is 0 Å². The van der Waals surface area contributed by atoms with Gasteiger partial charge in [0.25, 0.3) is 0 Å². The number of allylic oxidation sites excluding steroid dienone is 6. The van der Waals surface area contributed by atoms with Crippen molar-refractivity contribution in [3.63, 3.8) is 0 Å². The number of carbonyl (C=O) groups is 2. The molecular weight excluding hydrogens is 635 g/mol.